The Morgan fingerprint density at radius 3 is 2.48 bits per heavy atom. The maximum atomic E-state index is 12.7. The Hall–Kier alpha value is -0.920. The van der Waals surface area contributed by atoms with E-state index in [4.69, 9.17) is 0 Å². The van der Waals surface area contributed by atoms with Gasteiger partial charge in [0.05, 0.1) is 12.0 Å². The summed E-state index contributed by atoms with van der Waals surface area (Å²) in [5.41, 5.74) is -0.424. The molecule has 0 spiro atoms. The normalized spacial score (nSPS) is 16.2. The number of hydrogen-bond donors (Lipinski definition) is 3. The van der Waals surface area contributed by atoms with Crippen LogP contribution >= 0.6 is 35.3 Å². The zero-order valence-electron chi connectivity index (χ0n) is 17.2. The second kappa shape index (κ2) is 12.1. The minimum Gasteiger partial charge on any atom is -0.357 e. The maximum Gasteiger partial charge on any atom is 0.250 e. The molecular weight excluding hydrogens is 525 g/mol. The molecule has 1 heterocycles. The lowest BCUT2D eigenvalue weighted by Crippen LogP contribution is -2.44. The van der Waals surface area contributed by atoms with E-state index in [0.29, 0.717) is 29.8 Å². The predicted octanol–water partition coefficient (Wildman–Crippen LogP) is 1.85. The van der Waals surface area contributed by atoms with Crippen LogP contribution in [0.3, 0.4) is 0 Å². The highest BCUT2D eigenvalue weighted by Gasteiger charge is 2.42. The summed E-state index contributed by atoms with van der Waals surface area (Å²) in [4.78, 5) is 18.9. The number of halogens is 1. The van der Waals surface area contributed by atoms with Crippen LogP contribution in [-0.4, -0.2) is 65.5 Å². The molecule has 1 fully saturated rings. The van der Waals surface area contributed by atoms with E-state index in [1.165, 1.54) is 11.3 Å². The molecule has 0 radical (unpaired) electrons. The monoisotopic (exact) mass is 557 g/mol. The van der Waals surface area contributed by atoms with Crippen LogP contribution in [0.5, 0.6) is 0 Å². The smallest absolute Gasteiger partial charge is 0.250 e. The number of nitrogens with one attached hydrogen (secondary N) is 3. The largest absolute Gasteiger partial charge is 0.357 e. The summed E-state index contributed by atoms with van der Waals surface area (Å²) < 4.78 is 27.1. The second-order valence-corrected chi connectivity index (χ2v) is 10.1. The third kappa shape index (κ3) is 7.37. The molecule has 0 unspecified atom stereocenters. The zero-order chi connectivity index (χ0) is 20.6. The van der Waals surface area contributed by atoms with Gasteiger partial charge in [0.15, 0.2) is 5.96 Å². The van der Waals surface area contributed by atoms with Gasteiger partial charge in [-0.3, -0.25) is 9.79 Å². The molecule has 0 saturated heterocycles. The van der Waals surface area contributed by atoms with Crippen LogP contribution in [0.15, 0.2) is 26.7 Å². The van der Waals surface area contributed by atoms with Gasteiger partial charge in [-0.2, -0.15) is 0 Å². The van der Waals surface area contributed by atoms with Gasteiger partial charge in [0.2, 0.25) is 15.9 Å². The SMILES string of the molecule is CCNC(=NCC1(C(=O)N(C)C)CCCC1)NCCNS(=O)(=O)c1cccs1.I. The Morgan fingerprint density at radius 2 is 1.93 bits per heavy atom. The summed E-state index contributed by atoms with van der Waals surface area (Å²) in [5.74, 6) is 0.726. The third-order valence-electron chi connectivity index (χ3n) is 4.77. The van der Waals surface area contributed by atoms with Gasteiger partial charge in [-0.25, -0.2) is 13.1 Å². The van der Waals surface area contributed by atoms with Crippen molar-refractivity contribution in [2.45, 2.75) is 36.8 Å². The molecule has 29 heavy (non-hydrogen) atoms. The molecule has 8 nitrogen and oxygen atoms in total. The standard InChI is InChI=1S/C18H31N5O3S2.HI/c1-4-19-17(20-11-12-22-28(25,26)15-8-7-13-27-15)21-14-18(9-5-6-10-18)16(24)23(2)3;/h7-8,13,22H,4-6,9-12,14H2,1-3H3,(H2,19,20,21);1H. The molecule has 0 aromatic carbocycles. The summed E-state index contributed by atoms with van der Waals surface area (Å²) in [5, 5.41) is 8.03. The lowest BCUT2D eigenvalue weighted by Gasteiger charge is -2.29. The van der Waals surface area contributed by atoms with Crippen LogP contribution in [0, 0.1) is 5.41 Å². The topological polar surface area (TPSA) is 103 Å². The van der Waals surface area contributed by atoms with Crippen molar-refractivity contribution in [3.63, 3.8) is 0 Å². The molecule has 11 heteroatoms. The lowest BCUT2D eigenvalue weighted by molar-refractivity contribution is -0.138. The van der Waals surface area contributed by atoms with Gasteiger partial charge in [-0.05, 0) is 31.2 Å². The number of hydrogen-bond acceptors (Lipinski definition) is 5. The molecule has 1 aliphatic rings. The highest BCUT2D eigenvalue weighted by molar-refractivity contribution is 14.0. The van der Waals surface area contributed by atoms with Crippen molar-refractivity contribution in [1.29, 1.82) is 0 Å². The van der Waals surface area contributed by atoms with E-state index < -0.39 is 15.4 Å². The van der Waals surface area contributed by atoms with Crippen LogP contribution in [0.2, 0.25) is 0 Å². The molecule has 2 rings (SSSR count). The minimum atomic E-state index is -3.47. The van der Waals surface area contributed by atoms with Crippen molar-refractivity contribution in [2.24, 2.45) is 10.4 Å². The van der Waals surface area contributed by atoms with Gasteiger partial charge < -0.3 is 15.5 Å². The number of carbonyl (C=O) groups is 1. The van der Waals surface area contributed by atoms with E-state index in [1.54, 1.807) is 36.5 Å². The average molecular weight is 558 g/mol. The molecule has 0 aliphatic heterocycles. The predicted molar refractivity (Wildman–Crippen MR) is 128 cm³/mol. The Morgan fingerprint density at radius 1 is 1.24 bits per heavy atom. The fraction of sp³-hybridized carbons (Fsp3) is 0.667. The van der Waals surface area contributed by atoms with E-state index in [0.717, 1.165) is 25.7 Å². The number of carbonyl (C=O) groups excluding carboxylic acids is 1. The molecule has 1 saturated carbocycles. The molecule has 166 valence electrons. The van der Waals surface area contributed by atoms with Gasteiger partial charge in [0.1, 0.15) is 4.21 Å². The van der Waals surface area contributed by atoms with Crippen molar-refractivity contribution < 1.29 is 13.2 Å². The van der Waals surface area contributed by atoms with Crippen LogP contribution in [0.25, 0.3) is 0 Å². The first kappa shape index (κ1) is 26.1. The average Bonchev–Trinajstić information content (AvgIpc) is 3.35. The fourth-order valence-electron chi connectivity index (χ4n) is 3.39. The van der Waals surface area contributed by atoms with Crippen LogP contribution < -0.4 is 15.4 Å². The van der Waals surface area contributed by atoms with Crippen LogP contribution in [0.4, 0.5) is 0 Å². The molecule has 3 N–H and O–H groups in total. The number of amides is 1. The summed E-state index contributed by atoms with van der Waals surface area (Å²) in [6.45, 7) is 3.71. The molecule has 0 atom stereocenters. The fourth-order valence-corrected chi connectivity index (χ4v) is 5.46. The lowest BCUT2D eigenvalue weighted by atomic mass is 9.85. The molecule has 0 bridgehead atoms. The molecule has 1 aromatic heterocycles. The van der Waals surface area contributed by atoms with Gasteiger partial charge in [0, 0.05) is 33.7 Å². The Kier molecular flexibility index (Phi) is 10.9. The molecule has 1 amide bonds. The van der Waals surface area contributed by atoms with Gasteiger partial charge >= 0.3 is 0 Å². The number of sulfonamides is 1. The molecular formula is C18H32IN5O3S2. The van der Waals surface area contributed by atoms with Crippen molar-refractivity contribution in [2.75, 3.05) is 40.3 Å². The molecule has 1 aromatic rings. The summed E-state index contributed by atoms with van der Waals surface area (Å²) in [6, 6.07) is 3.29. The summed E-state index contributed by atoms with van der Waals surface area (Å²) in [7, 11) is 0.109. The maximum absolute atomic E-state index is 12.7. The second-order valence-electron chi connectivity index (χ2n) is 7.14. The first-order chi connectivity index (χ1) is 13.3. The number of aliphatic imine (C=N–C) groups is 1. The number of thiophene rings is 1. The number of rotatable bonds is 9. The van der Waals surface area contributed by atoms with Gasteiger partial charge in [0.25, 0.3) is 0 Å². The Bertz CT molecular complexity index is 760. The van der Waals surface area contributed by atoms with E-state index in [2.05, 4.69) is 20.3 Å². The van der Waals surface area contributed by atoms with Crippen molar-refractivity contribution >= 4 is 57.2 Å². The van der Waals surface area contributed by atoms with E-state index >= 15 is 0 Å². The van der Waals surface area contributed by atoms with E-state index in [-0.39, 0.29) is 36.4 Å². The Balaban J connectivity index is 0.00000420. The van der Waals surface area contributed by atoms with E-state index in [1.807, 2.05) is 6.92 Å². The molecule has 1 aliphatic carbocycles. The van der Waals surface area contributed by atoms with Crippen molar-refractivity contribution in [1.82, 2.24) is 20.3 Å². The number of nitrogens with zero attached hydrogens (tertiary/aromatic N) is 2. The summed E-state index contributed by atoms with van der Waals surface area (Å²) in [6.07, 6.45) is 3.80. The van der Waals surface area contributed by atoms with Crippen molar-refractivity contribution in [3.05, 3.63) is 17.5 Å². The zero-order valence-corrected chi connectivity index (χ0v) is 21.2. The minimum absolute atomic E-state index is 0. The first-order valence-corrected chi connectivity index (χ1v) is 11.9. The number of guanidine groups is 1. The van der Waals surface area contributed by atoms with E-state index in [9.17, 15) is 13.2 Å². The van der Waals surface area contributed by atoms with Crippen LogP contribution in [-0.2, 0) is 14.8 Å². The highest BCUT2D eigenvalue weighted by atomic mass is 127. The van der Waals surface area contributed by atoms with Gasteiger partial charge in [-0.15, -0.1) is 35.3 Å². The Labute approximate surface area is 195 Å². The first-order valence-electron chi connectivity index (χ1n) is 9.58. The van der Waals surface area contributed by atoms with Gasteiger partial charge in [-0.1, -0.05) is 18.9 Å². The van der Waals surface area contributed by atoms with Crippen LogP contribution in [0.1, 0.15) is 32.6 Å². The highest BCUT2D eigenvalue weighted by Crippen LogP contribution is 2.39. The van der Waals surface area contributed by atoms with Crippen molar-refractivity contribution in [3.8, 4) is 0 Å². The summed E-state index contributed by atoms with van der Waals surface area (Å²) >= 11 is 1.19. The third-order valence-corrected chi connectivity index (χ3v) is 7.63. The quantitative estimate of drug-likeness (QED) is 0.186.